The minimum atomic E-state index is 0.251. The lowest BCUT2D eigenvalue weighted by atomic mass is 9.95. The molecule has 4 nitrogen and oxygen atoms in total. The van der Waals surface area contributed by atoms with E-state index in [1.165, 1.54) is 62.9 Å². The molecular weight excluding hydrogens is 310 g/mol. The van der Waals surface area contributed by atoms with Crippen LogP contribution in [-0.2, 0) is 0 Å². The predicted molar refractivity (Wildman–Crippen MR) is 101 cm³/mol. The van der Waals surface area contributed by atoms with Gasteiger partial charge in [-0.15, -0.1) is 0 Å². The van der Waals surface area contributed by atoms with Gasteiger partial charge < -0.3 is 9.47 Å². The largest absolute Gasteiger partial charge is 0.345 e. The molecule has 3 fully saturated rings. The number of hydrogen-bond donors (Lipinski definition) is 0. The van der Waals surface area contributed by atoms with Gasteiger partial charge in [-0.3, -0.25) is 9.69 Å². The molecule has 4 heteroatoms. The second-order valence-corrected chi connectivity index (χ2v) is 8.48. The molecule has 0 spiro atoms. The van der Waals surface area contributed by atoms with Crippen molar-refractivity contribution in [3.05, 3.63) is 23.0 Å². The lowest BCUT2D eigenvalue weighted by Crippen LogP contribution is -2.49. The molecule has 3 aliphatic rings. The Morgan fingerprint density at radius 3 is 2.32 bits per heavy atom. The second-order valence-electron chi connectivity index (χ2n) is 8.48. The molecule has 1 aromatic rings. The number of hydrogen-bond acceptors (Lipinski definition) is 2. The average Bonchev–Trinajstić information content (AvgIpc) is 3.39. The van der Waals surface area contributed by atoms with Gasteiger partial charge in [0.05, 0.1) is 5.56 Å². The van der Waals surface area contributed by atoms with Crippen molar-refractivity contribution in [1.82, 2.24) is 14.4 Å². The fraction of sp³-hybridized carbons (Fsp3) is 0.762. The van der Waals surface area contributed by atoms with Gasteiger partial charge in [0.15, 0.2) is 0 Å². The highest BCUT2D eigenvalue weighted by atomic mass is 16.2. The Morgan fingerprint density at radius 1 is 1.00 bits per heavy atom. The molecule has 0 bridgehead atoms. The number of aryl methyl sites for hydroxylation is 1. The van der Waals surface area contributed by atoms with Crippen molar-refractivity contribution in [1.29, 1.82) is 0 Å². The topological polar surface area (TPSA) is 28.5 Å². The van der Waals surface area contributed by atoms with Crippen molar-refractivity contribution < 1.29 is 4.79 Å². The fourth-order valence-corrected chi connectivity index (χ4v) is 4.86. The number of carbonyl (C=O) groups is 1. The highest BCUT2D eigenvalue weighted by Gasteiger charge is 2.29. The first-order valence-corrected chi connectivity index (χ1v) is 10.3. The zero-order chi connectivity index (χ0) is 17.4. The van der Waals surface area contributed by atoms with Gasteiger partial charge in [-0.2, -0.15) is 0 Å². The van der Waals surface area contributed by atoms with Crippen molar-refractivity contribution in [3.8, 4) is 0 Å². The lowest BCUT2D eigenvalue weighted by Gasteiger charge is -2.35. The van der Waals surface area contributed by atoms with E-state index in [1.807, 2.05) is 0 Å². The van der Waals surface area contributed by atoms with Crippen LogP contribution < -0.4 is 0 Å². The summed E-state index contributed by atoms with van der Waals surface area (Å²) in [6.45, 7) is 9.44. The summed E-state index contributed by atoms with van der Waals surface area (Å²) in [6, 6.07) is 2.74. The van der Waals surface area contributed by atoms with Gasteiger partial charge in [-0.25, -0.2) is 0 Å². The van der Waals surface area contributed by atoms with Crippen LogP contribution >= 0.6 is 0 Å². The van der Waals surface area contributed by atoms with Crippen LogP contribution in [0.1, 0.15) is 72.7 Å². The molecule has 25 heavy (non-hydrogen) atoms. The number of nitrogens with zero attached hydrogens (tertiary/aromatic N) is 3. The Bertz CT molecular complexity index is 617. The molecule has 0 unspecified atom stereocenters. The summed E-state index contributed by atoms with van der Waals surface area (Å²) in [5, 5.41) is 0. The van der Waals surface area contributed by atoms with E-state index in [-0.39, 0.29) is 5.91 Å². The monoisotopic (exact) mass is 343 g/mol. The molecule has 0 aromatic carbocycles. The first-order chi connectivity index (χ1) is 12.1. The predicted octanol–water partition coefficient (Wildman–Crippen LogP) is 3.78. The molecule has 2 heterocycles. The van der Waals surface area contributed by atoms with Crippen LogP contribution in [0.25, 0.3) is 0 Å². The van der Waals surface area contributed by atoms with Crippen LogP contribution in [0.3, 0.4) is 0 Å². The second kappa shape index (κ2) is 7.14. The van der Waals surface area contributed by atoms with Crippen molar-refractivity contribution in [2.24, 2.45) is 5.92 Å². The van der Waals surface area contributed by atoms with Crippen LogP contribution in [0.15, 0.2) is 6.07 Å². The van der Waals surface area contributed by atoms with Gasteiger partial charge in [0.25, 0.3) is 5.91 Å². The smallest absolute Gasteiger partial charge is 0.255 e. The highest BCUT2D eigenvalue weighted by molar-refractivity contribution is 5.95. The van der Waals surface area contributed by atoms with Crippen molar-refractivity contribution in [2.45, 2.75) is 64.8 Å². The summed E-state index contributed by atoms with van der Waals surface area (Å²) in [6.07, 6.45) is 9.38. The average molecular weight is 344 g/mol. The zero-order valence-electron chi connectivity index (χ0n) is 16.0. The maximum atomic E-state index is 13.1. The van der Waals surface area contributed by atoms with Gasteiger partial charge in [-0.1, -0.05) is 19.3 Å². The summed E-state index contributed by atoms with van der Waals surface area (Å²) >= 11 is 0. The molecule has 4 rings (SSSR count). The van der Waals surface area contributed by atoms with Crippen molar-refractivity contribution in [2.75, 3.05) is 32.7 Å². The number of piperazine rings is 1. The van der Waals surface area contributed by atoms with E-state index >= 15 is 0 Å². The number of aromatic nitrogens is 1. The lowest BCUT2D eigenvalue weighted by molar-refractivity contribution is 0.0631. The van der Waals surface area contributed by atoms with Gasteiger partial charge >= 0.3 is 0 Å². The van der Waals surface area contributed by atoms with Gasteiger partial charge in [0.2, 0.25) is 0 Å². The van der Waals surface area contributed by atoms with E-state index in [0.29, 0.717) is 6.04 Å². The van der Waals surface area contributed by atoms with E-state index in [0.717, 1.165) is 37.7 Å². The Balaban J connectivity index is 1.43. The Labute approximate surface area is 152 Å². The van der Waals surface area contributed by atoms with E-state index in [2.05, 4.69) is 34.3 Å². The molecule has 2 aliphatic carbocycles. The van der Waals surface area contributed by atoms with Gasteiger partial charge in [0, 0.05) is 50.2 Å². The van der Waals surface area contributed by atoms with Crippen molar-refractivity contribution in [3.63, 3.8) is 0 Å². The Kier molecular flexibility index (Phi) is 4.90. The van der Waals surface area contributed by atoms with Crippen molar-refractivity contribution >= 4 is 5.91 Å². The summed E-state index contributed by atoms with van der Waals surface area (Å²) in [7, 11) is 0. The molecule has 1 amide bonds. The first kappa shape index (κ1) is 17.1. The molecule has 0 N–H and O–H groups in total. The van der Waals surface area contributed by atoms with Crippen LogP contribution in [0, 0.1) is 19.8 Å². The van der Waals surface area contributed by atoms with E-state index in [1.54, 1.807) is 0 Å². The summed E-state index contributed by atoms with van der Waals surface area (Å²) in [4.78, 5) is 17.7. The minimum absolute atomic E-state index is 0.251. The zero-order valence-corrected chi connectivity index (χ0v) is 16.0. The third-order valence-corrected chi connectivity index (χ3v) is 6.53. The molecule has 2 saturated carbocycles. The maximum Gasteiger partial charge on any atom is 0.255 e. The quantitative estimate of drug-likeness (QED) is 0.832. The maximum absolute atomic E-state index is 13.1. The molecular formula is C21H33N3O. The number of amides is 1. The van der Waals surface area contributed by atoms with E-state index in [9.17, 15) is 4.79 Å². The summed E-state index contributed by atoms with van der Waals surface area (Å²) in [5.74, 6) is 1.19. The van der Waals surface area contributed by atoms with Crippen LogP contribution in [0.5, 0.6) is 0 Å². The molecule has 1 aliphatic heterocycles. The van der Waals surface area contributed by atoms with E-state index < -0.39 is 0 Å². The summed E-state index contributed by atoms with van der Waals surface area (Å²) in [5.41, 5.74) is 3.40. The van der Waals surface area contributed by atoms with E-state index in [4.69, 9.17) is 0 Å². The van der Waals surface area contributed by atoms with Crippen LogP contribution in [0.2, 0.25) is 0 Å². The fourth-order valence-electron chi connectivity index (χ4n) is 4.86. The Hall–Kier alpha value is -1.29. The standard InChI is InChI=1S/C21H33N3O/c1-16-14-20(17(2)24(16)19-6-4-3-5-7-19)21(25)23-12-10-22(11-13-23)15-18-8-9-18/h14,18-19H,3-13,15H2,1-2H3. The molecule has 0 radical (unpaired) electrons. The highest BCUT2D eigenvalue weighted by Crippen LogP contribution is 2.33. The Morgan fingerprint density at radius 2 is 1.68 bits per heavy atom. The molecule has 1 aromatic heterocycles. The minimum Gasteiger partial charge on any atom is -0.345 e. The molecule has 0 atom stereocenters. The molecule has 1 saturated heterocycles. The number of rotatable bonds is 4. The molecule has 138 valence electrons. The van der Waals surface area contributed by atoms with Crippen LogP contribution in [-0.4, -0.2) is 53.0 Å². The first-order valence-electron chi connectivity index (χ1n) is 10.3. The number of carbonyl (C=O) groups excluding carboxylic acids is 1. The van der Waals surface area contributed by atoms with Gasteiger partial charge in [-0.05, 0) is 51.5 Å². The third-order valence-electron chi connectivity index (χ3n) is 6.53. The van der Waals surface area contributed by atoms with Crippen LogP contribution in [0.4, 0.5) is 0 Å². The normalized spacial score (nSPS) is 23.2. The SMILES string of the molecule is Cc1cc(C(=O)N2CCN(CC3CC3)CC2)c(C)n1C1CCCCC1. The summed E-state index contributed by atoms with van der Waals surface area (Å²) < 4.78 is 2.45. The van der Waals surface area contributed by atoms with Gasteiger partial charge in [0.1, 0.15) is 0 Å². The third kappa shape index (κ3) is 3.64.